The van der Waals surface area contributed by atoms with Crippen molar-refractivity contribution >= 4 is 17.5 Å². The lowest BCUT2D eigenvalue weighted by molar-refractivity contribution is -0.128. The van der Waals surface area contributed by atoms with Crippen molar-refractivity contribution in [1.29, 1.82) is 0 Å². The molecule has 0 bridgehead atoms. The van der Waals surface area contributed by atoms with Crippen LogP contribution in [0.3, 0.4) is 0 Å². The monoisotopic (exact) mass is 476 g/mol. The molecule has 3 aromatic carbocycles. The van der Waals surface area contributed by atoms with Crippen LogP contribution in [0.25, 0.3) is 0 Å². The van der Waals surface area contributed by atoms with E-state index < -0.39 is 6.04 Å². The normalized spacial score (nSPS) is 17.2. The zero-order valence-electron chi connectivity index (χ0n) is 19.7. The number of hydrogen-bond acceptors (Lipinski definition) is 5. The average Bonchev–Trinajstić information content (AvgIpc) is 3.34. The summed E-state index contributed by atoms with van der Waals surface area (Å²) in [5, 5.41) is 3.31. The molecule has 3 aromatic rings. The molecule has 6 nitrogen and oxygen atoms in total. The van der Waals surface area contributed by atoms with Gasteiger partial charge in [-0.2, -0.15) is 0 Å². The van der Waals surface area contributed by atoms with Gasteiger partial charge in [-0.3, -0.25) is 9.59 Å². The number of methoxy groups -OCH3 is 1. The van der Waals surface area contributed by atoms with E-state index in [1.54, 1.807) is 24.3 Å². The highest BCUT2D eigenvalue weighted by atomic mass is 19.1. The molecule has 2 amide bonds. The minimum Gasteiger partial charge on any atom is -0.457 e. The van der Waals surface area contributed by atoms with Crippen LogP contribution in [0, 0.1) is 11.7 Å². The Morgan fingerprint density at radius 2 is 1.63 bits per heavy atom. The van der Waals surface area contributed by atoms with Crippen LogP contribution in [0.1, 0.15) is 18.4 Å². The Balaban J connectivity index is 1.47. The maximum atomic E-state index is 13.5. The van der Waals surface area contributed by atoms with Gasteiger partial charge in [-0.1, -0.05) is 30.3 Å². The molecule has 182 valence electrons. The predicted octanol–water partition coefficient (Wildman–Crippen LogP) is 4.73. The van der Waals surface area contributed by atoms with Gasteiger partial charge in [-0.25, -0.2) is 9.29 Å². The quantitative estimate of drug-likeness (QED) is 0.483. The Labute approximate surface area is 204 Å². The fourth-order valence-corrected chi connectivity index (χ4v) is 4.25. The van der Waals surface area contributed by atoms with E-state index in [9.17, 15) is 14.0 Å². The number of nitrogens with zero attached hydrogens (tertiary/aromatic N) is 1. The Hall–Kier alpha value is -3.55. The van der Waals surface area contributed by atoms with Crippen molar-refractivity contribution in [2.24, 2.45) is 5.92 Å². The summed E-state index contributed by atoms with van der Waals surface area (Å²) in [5.74, 6) is 0.379. The van der Waals surface area contributed by atoms with E-state index in [1.165, 1.54) is 41.8 Å². The zero-order chi connectivity index (χ0) is 24.6. The maximum Gasteiger partial charge on any atom is 0.250 e. The summed E-state index contributed by atoms with van der Waals surface area (Å²) in [6, 6.07) is 22.2. The summed E-state index contributed by atoms with van der Waals surface area (Å²) in [4.78, 5) is 27.7. The van der Waals surface area contributed by atoms with Crippen LogP contribution in [0.5, 0.6) is 11.5 Å². The predicted molar refractivity (Wildman–Crippen MR) is 132 cm³/mol. The van der Waals surface area contributed by atoms with Crippen molar-refractivity contribution in [3.05, 3.63) is 90.2 Å². The topological polar surface area (TPSA) is 67.9 Å². The van der Waals surface area contributed by atoms with Crippen molar-refractivity contribution in [3.8, 4) is 11.5 Å². The van der Waals surface area contributed by atoms with Crippen molar-refractivity contribution in [2.75, 3.05) is 25.2 Å². The van der Waals surface area contributed by atoms with Gasteiger partial charge in [0.15, 0.2) is 0 Å². The number of hydrogen-bond donors (Lipinski definition) is 1. The van der Waals surface area contributed by atoms with E-state index in [4.69, 9.17) is 9.47 Å². The lowest BCUT2D eigenvalue weighted by Gasteiger charge is -2.24. The number of anilines is 1. The number of nitrogens with one attached hydrogen (secondary N) is 1. The minimum atomic E-state index is -0.439. The number of amides is 2. The summed E-state index contributed by atoms with van der Waals surface area (Å²) >= 11 is 0. The highest BCUT2D eigenvalue weighted by Crippen LogP contribution is 2.27. The largest absolute Gasteiger partial charge is 0.457 e. The molecule has 2 atom stereocenters. The van der Waals surface area contributed by atoms with Crippen LogP contribution < -0.4 is 15.0 Å². The number of ether oxygens (including phenoxy) is 2. The van der Waals surface area contributed by atoms with Gasteiger partial charge in [0.05, 0.1) is 24.8 Å². The third kappa shape index (κ3) is 6.53. The van der Waals surface area contributed by atoms with E-state index in [0.717, 1.165) is 13.0 Å². The molecule has 1 N–H and O–H groups in total. The number of benzene rings is 3. The first-order chi connectivity index (χ1) is 17.0. The van der Waals surface area contributed by atoms with Gasteiger partial charge in [0, 0.05) is 7.11 Å². The molecule has 4 rings (SSSR count). The van der Waals surface area contributed by atoms with Crippen molar-refractivity contribution in [2.45, 2.75) is 25.3 Å². The highest BCUT2D eigenvalue weighted by molar-refractivity contribution is 6.16. The highest BCUT2D eigenvalue weighted by Gasteiger charge is 2.35. The third-order valence-corrected chi connectivity index (χ3v) is 6.02. The molecule has 1 fully saturated rings. The molecule has 0 radical (unpaired) electrons. The van der Waals surface area contributed by atoms with Crippen LogP contribution >= 0.6 is 0 Å². The first-order valence-electron chi connectivity index (χ1n) is 11.7. The Bertz CT molecular complexity index is 1120. The standard InChI is InChI=1S/C28H29FN2O4/c1-34-16-15-27(32)31(23-9-13-25(14-10-23)35-24-11-7-22(29)8-12-24)28(33)26-18-21(19-30-26)17-20-5-3-2-4-6-20/h2-14,21,26,30H,15-19H2,1H3/t21-,26+/m1/s1. The molecular weight excluding hydrogens is 447 g/mol. The Morgan fingerprint density at radius 3 is 2.29 bits per heavy atom. The van der Waals surface area contributed by atoms with Gasteiger partial charge in [-0.05, 0) is 79.4 Å². The van der Waals surface area contributed by atoms with Gasteiger partial charge in [0.2, 0.25) is 5.91 Å². The van der Waals surface area contributed by atoms with Crippen molar-refractivity contribution < 1.29 is 23.5 Å². The summed E-state index contributed by atoms with van der Waals surface area (Å²) in [5.41, 5.74) is 1.70. The minimum absolute atomic E-state index is 0.0935. The van der Waals surface area contributed by atoms with Gasteiger partial charge < -0.3 is 14.8 Å². The van der Waals surface area contributed by atoms with Crippen LogP contribution in [0.4, 0.5) is 10.1 Å². The molecule has 0 unspecified atom stereocenters. The lowest BCUT2D eigenvalue weighted by Crippen LogP contribution is -2.47. The van der Waals surface area contributed by atoms with Crippen LogP contribution in [-0.2, 0) is 20.7 Å². The van der Waals surface area contributed by atoms with E-state index in [0.29, 0.717) is 29.5 Å². The Morgan fingerprint density at radius 1 is 0.971 bits per heavy atom. The SMILES string of the molecule is COCCC(=O)N(C(=O)[C@@H]1C[C@@H](Cc2ccccc2)CN1)c1ccc(Oc2ccc(F)cc2)cc1. The second-order valence-corrected chi connectivity index (χ2v) is 8.61. The lowest BCUT2D eigenvalue weighted by atomic mass is 9.96. The second kappa shape index (κ2) is 11.7. The van der Waals surface area contributed by atoms with Gasteiger partial charge in [0.1, 0.15) is 17.3 Å². The molecule has 0 aromatic heterocycles. The van der Waals surface area contributed by atoms with Crippen LogP contribution in [-0.4, -0.2) is 38.1 Å². The summed E-state index contributed by atoms with van der Waals surface area (Å²) < 4.78 is 23.9. The van der Waals surface area contributed by atoms with Gasteiger partial charge in [0.25, 0.3) is 5.91 Å². The smallest absolute Gasteiger partial charge is 0.250 e. The molecule has 7 heteroatoms. The average molecular weight is 477 g/mol. The van der Waals surface area contributed by atoms with Gasteiger partial charge >= 0.3 is 0 Å². The third-order valence-electron chi connectivity index (χ3n) is 6.02. The molecular formula is C28H29FN2O4. The van der Waals surface area contributed by atoms with Crippen molar-refractivity contribution in [3.63, 3.8) is 0 Å². The van der Waals surface area contributed by atoms with E-state index in [-0.39, 0.29) is 30.7 Å². The van der Waals surface area contributed by atoms with E-state index in [1.807, 2.05) is 18.2 Å². The fourth-order valence-electron chi connectivity index (χ4n) is 4.25. The molecule has 1 heterocycles. The van der Waals surface area contributed by atoms with Crippen molar-refractivity contribution in [1.82, 2.24) is 5.32 Å². The molecule has 35 heavy (non-hydrogen) atoms. The fraction of sp³-hybridized carbons (Fsp3) is 0.286. The first-order valence-corrected chi connectivity index (χ1v) is 11.7. The number of rotatable bonds is 9. The molecule has 0 spiro atoms. The molecule has 1 aliphatic heterocycles. The molecule has 1 aliphatic rings. The Kier molecular flexibility index (Phi) is 8.23. The number of carbonyl (C=O) groups is 2. The number of imide groups is 1. The van der Waals surface area contributed by atoms with E-state index >= 15 is 0 Å². The molecule has 0 aliphatic carbocycles. The van der Waals surface area contributed by atoms with Crippen LogP contribution in [0.15, 0.2) is 78.9 Å². The second-order valence-electron chi connectivity index (χ2n) is 8.61. The summed E-state index contributed by atoms with van der Waals surface area (Å²) in [6.45, 7) is 0.943. The zero-order valence-corrected chi connectivity index (χ0v) is 19.7. The molecule has 0 saturated carbocycles. The summed E-state index contributed by atoms with van der Waals surface area (Å²) in [6.07, 6.45) is 1.63. The summed E-state index contributed by atoms with van der Waals surface area (Å²) in [7, 11) is 1.52. The van der Waals surface area contributed by atoms with Crippen LogP contribution in [0.2, 0.25) is 0 Å². The van der Waals surface area contributed by atoms with Gasteiger partial charge in [-0.15, -0.1) is 0 Å². The molecule has 1 saturated heterocycles. The van der Waals surface area contributed by atoms with E-state index in [2.05, 4.69) is 17.4 Å². The maximum absolute atomic E-state index is 13.5. The first kappa shape index (κ1) is 24.6. The number of carbonyl (C=O) groups excluding carboxylic acids is 2. The number of halogens is 1.